The number of benzene rings is 1. The van der Waals surface area contributed by atoms with Gasteiger partial charge >= 0.3 is 24.2 Å². The highest BCUT2D eigenvalue weighted by atomic mass is 35.5. The maximum Gasteiger partial charge on any atom is 0.380 e. The average molecular weight is 445 g/mol. The first-order valence-electron chi connectivity index (χ1n) is 7.18. The van der Waals surface area contributed by atoms with Crippen molar-refractivity contribution < 1.29 is 44.7 Å². The third kappa shape index (κ3) is 5.95. The van der Waals surface area contributed by atoms with Crippen molar-refractivity contribution in [2.75, 3.05) is 19.0 Å². The number of thioether (sulfide) groups is 1. The highest BCUT2D eigenvalue weighted by Crippen LogP contribution is 2.48. The average Bonchev–Trinajstić information content (AvgIpc) is 2.59. The van der Waals surface area contributed by atoms with E-state index in [2.05, 4.69) is 4.74 Å². The van der Waals surface area contributed by atoms with E-state index >= 15 is 0 Å². The van der Waals surface area contributed by atoms with Gasteiger partial charge in [-0.3, -0.25) is 4.79 Å². The lowest BCUT2D eigenvalue weighted by Crippen LogP contribution is -2.59. The molecule has 0 amide bonds. The molecule has 27 heavy (non-hydrogen) atoms. The lowest BCUT2D eigenvalue weighted by molar-refractivity contribution is -0.345. The van der Waals surface area contributed by atoms with Gasteiger partial charge in [0, 0.05) is 11.3 Å². The molecule has 0 fully saturated rings. The van der Waals surface area contributed by atoms with E-state index in [0.29, 0.717) is 17.3 Å². The summed E-state index contributed by atoms with van der Waals surface area (Å²) in [6.45, 7) is -3.04. The fourth-order valence-electron chi connectivity index (χ4n) is 1.66. The Morgan fingerprint density at radius 2 is 1.63 bits per heavy atom. The van der Waals surface area contributed by atoms with Crippen molar-refractivity contribution in [1.82, 2.24) is 0 Å². The smallest absolute Gasteiger partial charge is 0.373 e. The number of hydrogen-bond acceptors (Lipinski definition) is 3. The minimum absolute atomic E-state index is 0.148. The Kier molecular flexibility index (Phi) is 8.36. The van der Waals surface area contributed by atoms with E-state index in [4.69, 9.17) is 11.6 Å². The van der Waals surface area contributed by atoms with Gasteiger partial charge in [0.25, 0.3) is 0 Å². The molecule has 0 N–H and O–H groups in total. The number of alkyl halides is 9. The maximum atomic E-state index is 13.3. The van der Waals surface area contributed by atoms with Crippen LogP contribution in [0.3, 0.4) is 0 Å². The molecule has 1 atom stereocenters. The minimum Gasteiger partial charge on any atom is -0.373 e. The molecule has 0 aliphatic heterocycles. The molecule has 0 bridgehead atoms. The first-order valence-corrected chi connectivity index (χ1v) is 8.60. The van der Waals surface area contributed by atoms with Gasteiger partial charge in [0.05, 0.1) is 12.0 Å². The van der Waals surface area contributed by atoms with Crippen molar-refractivity contribution in [2.24, 2.45) is 0 Å². The van der Waals surface area contributed by atoms with Crippen LogP contribution in [-0.2, 0) is 4.74 Å². The summed E-state index contributed by atoms with van der Waals surface area (Å²) in [4.78, 5) is 11.8. The molecule has 0 saturated carbocycles. The molecular weight excluding hydrogens is 432 g/mol. The van der Waals surface area contributed by atoms with Gasteiger partial charge in [-0.2, -0.15) is 26.3 Å². The van der Waals surface area contributed by atoms with E-state index in [1.54, 1.807) is 18.2 Å². The van der Waals surface area contributed by atoms with Crippen molar-refractivity contribution in [3.8, 4) is 0 Å². The first-order chi connectivity index (χ1) is 12.3. The normalized spacial score (nSPS) is 14.4. The van der Waals surface area contributed by atoms with E-state index in [-0.39, 0.29) is 5.75 Å². The van der Waals surface area contributed by atoms with Crippen LogP contribution in [0.5, 0.6) is 0 Å². The van der Waals surface area contributed by atoms with E-state index in [1.165, 1.54) is 12.1 Å². The standard InChI is InChI=1S/C15H13ClF8O2S/c16-10(7-27-11(25)9-4-2-1-3-5-9)6-26-8-13(19,20)15(23,24)14(21,22)12(17)18/h1-5,10,12H,6-8H2. The predicted octanol–water partition coefficient (Wildman–Crippen LogP) is 5.36. The Morgan fingerprint density at radius 1 is 1.07 bits per heavy atom. The molecule has 12 heteroatoms. The van der Waals surface area contributed by atoms with Crippen LogP contribution in [0.2, 0.25) is 0 Å². The number of rotatable bonds is 10. The van der Waals surface area contributed by atoms with E-state index in [0.717, 1.165) is 0 Å². The highest BCUT2D eigenvalue weighted by molar-refractivity contribution is 8.14. The summed E-state index contributed by atoms with van der Waals surface area (Å²) in [5.41, 5.74) is 0.340. The second-order valence-corrected chi connectivity index (χ2v) is 6.89. The van der Waals surface area contributed by atoms with Gasteiger partial charge in [-0.25, -0.2) is 8.78 Å². The van der Waals surface area contributed by atoms with Crippen LogP contribution in [0.15, 0.2) is 30.3 Å². The molecule has 1 rings (SSSR count). The molecule has 0 aromatic heterocycles. The minimum atomic E-state index is -6.33. The van der Waals surface area contributed by atoms with Crippen molar-refractivity contribution in [2.45, 2.75) is 29.6 Å². The van der Waals surface area contributed by atoms with Crippen LogP contribution in [0, 0.1) is 0 Å². The van der Waals surface area contributed by atoms with Gasteiger partial charge in [-0.05, 0) is 0 Å². The molecule has 0 aliphatic carbocycles. The predicted molar refractivity (Wildman–Crippen MR) is 84.5 cm³/mol. The Morgan fingerprint density at radius 3 is 2.15 bits per heavy atom. The Bertz CT molecular complexity index is 615. The Balaban J connectivity index is 2.50. The van der Waals surface area contributed by atoms with Crippen molar-refractivity contribution >= 4 is 28.5 Å². The molecule has 0 spiro atoms. The zero-order chi connectivity index (χ0) is 20.9. The topological polar surface area (TPSA) is 26.3 Å². The maximum absolute atomic E-state index is 13.3. The summed E-state index contributed by atoms with van der Waals surface area (Å²) in [5.74, 6) is -18.3. The fourth-order valence-corrected chi connectivity index (χ4v) is 2.67. The molecular formula is C15H13ClF8O2S. The summed E-state index contributed by atoms with van der Waals surface area (Å²) >= 11 is 6.40. The lowest BCUT2D eigenvalue weighted by atomic mass is 10.1. The zero-order valence-electron chi connectivity index (χ0n) is 13.3. The van der Waals surface area contributed by atoms with E-state index < -0.39 is 47.9 Å². The second-order valence-electron chi connectivity index (χ2n) is 5.28. The third-order valence-electron chi connectivity index (χ3n) is 3.14. The van der Waals surface area contributed by atoms with Crippen molar-refractivity contribution in [3.05, 3.63) is 35.9 Å². The van der Waals surface area contributed by atoms with Gasteiger partial charge in [0.2, 0.25) is 5.12 Å². The molecule has 2 nitrogen and oxygen atoms in total. The monoisotopic (exact) mass is 444 g/mol. The summed E-state index contributed by atoms with van der Waals surface area (Å²) in [7, 11) is 0. The largest absolute Gasteiger partial charge is 0.380 e. The summed E-state index contributed by atoms with van der Waals surface area (Å²) < 4.78 is 106. The van der Waals surface area contributed by atoms with Gasteiger partial charge in [0.1, 0.15) is 6.61 Å². The SMILES string of the molecule is O=C(SCC(Cl)COCC(F)(F)C(F)(F)C(F)(F)C(F)F)c1ccccc1. The van der Waals surface area contributed by atoms with Crippen LogP contribution in [0.4, 0.5) is 35.1 Å². The number of ether oxygens (including phenoxy) is 1. The van der Waals surface area contributed by atoms with Crippen molar-refractivity contribution in [3.63, 3.8) is 0 Å². The van der Waals surface area contributed by atoms with E-state index in [1.807, 2.05) is 0 Å². The van der Waals surface area contributed by atoms with Crippen molar-refractivity contribution in [1.29, 1.82) is 0 Å². The molecule has 1 unspecified atom stereocenters. The van der Waals surface area contributed by atoms with Crippen LogP contribution in [0.25, 0.3) is 0 Å². The number of carbonyl (C=O) groups excluding carboxylic acids is 1. The third-order valence-corrected chi connectivity index (χ3v) is 4.67. The zero-order valence-corrected chi connectivity index (χ0v) is 14.9. The summed E-state index contributed by atoms with van der Waals surface area (Å²) in [6.07, 6.45) is -4.99. The quantitative estimate of drug-likeness (QED) is 0.359. The molecule has 0 radical (unpaired) electrons. The number of carbonyl (C=O) groups is 1. The molecule has 0 aliphatic rings. The van der Waals surface area contributed by atoms with Crippen LogP contribution in [-0.4, -0.2) is 53.7 Å². The lowest BCUT2D eigenvalue weighted by Gasteiger charge is -2.32. The number of halogens is 9. The van der Waals surface area contributed by atoms with Gasteiger partial charge in [-0.15, -0.1) is 11.6 Å². The summed E-state index contributed by atoms with van der Waals surface area (Å²) in [5, 5.41) is -1.49. The Labute approximate surface area is 158 Å². The molecule has 0 heterocycles. The Hall–Kier alpha value is -1.07. The van der Waals surface area contributed by atoms with Crippen LogP contribution < -0.4 is 0 Å². The van der Waals surface area contributed by atoms with E-state index in [9.17, 15) is 39.9 Å². The molecule has 154 valence electrons. The van der Waals surface area contributed by atoms with Crippen LogP contribution in [0.1, 0.15) is 10.4 Å². The molecule has 1 aromatic rings. The van der Waals surface area contributed by atoms with Gasteiger partial charge in [-0.1, -0.05) is 42.1 Å². The summed E-state index contributed by atoms with van der Waals surface area (Å²) in [6, 6.07) is 7.91. The molecule has 1 aromatic carbocycles. The highest BCUT2D eigenvalue weighted by Gasteiger charge is 2.75. The first kappa shape index (κ1) is 24.0. The van der Waals surface area contributed by atoms with Gasteiger partial charge in [0.15, 0.2) is 0 Å². The second kappa shape index (κ2) is 9.42. The van der Waals surface area contributed by atoms with Gasteiger partial charge < -0.3 is 4.74 Å². The molecule has 0 saturated heterocycles. The number of hydrogen-bond donors (Lipinski definition) is 0. The van der Waals surface area contributed by atoms with Crippen LogP contribution >= 0.6 is 23.4 Å². The fraction of sp³-hybridized carbons (Fsp3) is 0.533.